The van der Waals surface area contributed by atoms with E-state index in [2.05, 4.69) is 0 Å². The summed E-state index contributed by atoms with van der Waals surface area (Å²) in [7, 11) is -1.97. The van der Waals surface area contributed by atoms with Crippen LogP contribution in [-0.2, 0) is 19.4 Å². The van der Waals surface area contributed by atoms with Crippen molar-refractivity contribution in [3.8, 4) is 5.75 Å². The van der Waals surface area contributed by atoms with Crippen molar-refractivity contribution in [1.29, 1.82) is 0 Å². The molecule has 8 nitrogen and oxygen atoms in total. The van der Waals surface area contributed by atoms with Gasteiger partial charge in [0.1, 0.15) is 5.75 Å². The zero-order chi connectivity index (χ0) is 26.0. The van der Waals surface area contributed by atoms with E-state index in [0.717, 1.165) is 5.56 Å². The number of anilines is 1. The lowest BCUT2D eigenvalue weighted by Gasteiger charge is -2.40. The molecule has 37 heavy (non-hydrogen) atoms. The van der Waals surface area contributed by atoms with Crippen LogP contribution in [0.4, 0.5) is 5.69 Å². The zero-order valence-corrected chi connectivity index (χ0v) is 21.2. The Morgan fingerprint density at radius 2 is 1.73 bits per heavy atom. The van der Waals surface area contributed by atoms with Gasteiger partial charge in [0.05, 0.1) is 22.9 Å². The van der Waals surface area contributed by atoms with Crippen LogP contribution in [0.2, 0.25) is 0 Å². The predicted molar refractivity (Wildman–Crippen MR) is 140 cm³/mol. The number of ether oxygens (including phenoxy) is 2. The average Bonchev–Trinajstić information content (AvgIpc) is 3.33. The number of aliphatic hydroxyl groups is 1. The first-order valence-corrected chi connectivity index (χ1v) is 13.8. The van der Waals surface area contributed by atoms with E-state index in [1.54, 1.807) is 61.6 Å². The van der Waals surface area contributed by atoms with Gasteiger partial charge in [-0.1, -0.05) is 36.4 Å². The lowest BCUT2D eigenvalue weighted by molar-refractivity contribution is -0.126. The Hall–Kier alpha value is -3.69. The smallest absolute Gasteiger partial charge is 0.259 e. The number of nitrogens with zero attached hydrogens (tertiary/aromatic N) is 2. The molecule has 0 saturated heterocycles. The Bertz CT molecular complexity index is 1420. The van der Waals surface area contributed by atoms with Crippen LogP contribution in [0, 0.1) is 0 Å². The molecule has 0 fully saturated rings. The second-order valence-electron chi connectivity index (χ2n) is 9.09. The number of carbonyl (C=O) groups excluding carboxylic acids is 1. The molecule has 2 aliphatic rings. The molecule has 0 aliphatic carbocycles. The van der Waals surface area contributed by atoms with E-state index in [1.165, 1.54) is 4.90 Å². The van der Waals surface area contributed by atoms with E-state index in [0.29, 0.717) is 30.0 Å². The SMILES string of the molecule is CN1C(=O)[C@@]2(CCS(=O)(=O)c3ccccc3)N=C(c3ccc(OCCCO)cc3)O[C@H]2c2ccccc21. The average molecular weight is 521 g/mol. The van der Waals surface area contributed by atoms with Gasteiger partial charge in [-0.2, -0.15) is 0 Å². The normalized spacial score (nSPS) is 20.6. The Kier molecular flexibility index (Phi) is 6.74. The Labute approximate surface area is 216 Å². The fourth-order valence-electron chi connectivity index (χ4n) is 4.78. The minimum atomic E-state index is -3.65. The summed E-state index contributed by atoms with van der Waals surface area (Å²) in [6, 6.07) is 22.8. The van der Waals surface area contributed by atoms with Crippen molar-refractivity contribution in [3.05, 3.63) is 90.0 Å². The quantitative estimate of drug-likeness (QED) is 0.433. The van der Waals surface area contributed by atoms with Gasteiger partial charge < -0.3 is 19.5 Å². The summed E-state index contributed by atoms with van der Waals surface area (Å²) in [5.74, 6) is 0.353. The molecule has 2 atom stereocenters. The molecule has 0 unspecified atom stereocenters. The van der Waals surface area contributed by atoms with Gasteiger partial charge in [-0.15, -0.1) is 0 Å². The van der Waals surface area contributed by atoms with E-state index in [9.17, 15) is 13.2 Å². The molecule has 0 radical (unpaired) electrons. The molecule has 1 amide bonds. The fraction of sp³-hybridized carbons (Fsp3) is 0.286. The van der Waals surface area contributed by atoms with Gasteiger partial charge in [0, 0.05) is 37.6 Å². The van der Waals surface area contributed by atoms with Gasteiger partial charge in [-0.05, 0) is 42.5 Å². The third-order valence-corrected chi connectivity index (χ3v) is 8.48. The Morgan fingerprint density at radius 1 is 1.03 bits per heavy atom. The van der Waals surface area contributed by atoms with Crippen molar-refractivity contribution in [2.45, 2.75) is 29.4 Å². The maximum atomic E-state index is 13.8. The lowest BCUT2D eigenvalue weighted by atomic mass is 9.80. The van der Waals surface area contributed by atoms with Gasteiger partial charge in [0.25, 0.3) is 5.91 Å². The van der Waals surface area contributed by atoms with Crippen LogP contribution in [0.25, 0.3) is 0 Å². The topological polar surface area (TPSA) is 106 Å². The molecule has 192 valence electrons. The number of likely N-dealkylation sites (N-methyl/N-ethyl adjacent to an activating group) is 1. The number of aliphatic hydroxyl groups excluding tert-OH is 1. The molecule has 9 heteroatoms. The van der Waals surface area contributed by atoms with Crippen molar-refractivity contribution in [1.82, 2.24) is 0 Å². The number of rotatable bonds is 9. The van der Waals surface area contributed by atoms with Crippen LogP contribution in [0.5, 0.6) is 5.75 Å². The summed E-state index contributed by atoms with van der Waals surface area (Å²) >= 11 is 0. The molecule has 2 aliphatic heterocycles. The number of fused-ring (bicyclic) bond motifs is 3. The summed E-state index contributed by atoms with van der Waals surface area (Å²) in [4.78, 5) is 20.4. The number of hydrogen-bond acceptors (Lipinski definition) is 7. The number of amides is 1. The molecule has 1 N–H and O–H groups in total. The van der Waals surface area contributed by atoms with Gasteiger partial charge in [-0.25, -0.2) is 13.4 Å². The number of sulfone groups is 1. The van der Waals surface area contributed by atoms with Crippen molar-refractivity contribution in [2.24, 2.45) is 4.99 Å². The molecule has 0 aromatic heterocycles. The van der Waals surface area contributed by atoms with E-state index in [1.807, 2.05) is 24.3 Å². The van der Waals surface area contributed by atoms with Gasteiger partial charge in [0.15, 0.2) is 21.5 Å². The molecule has 0 bridgehead atoms. The molecule has 0 saturated carbocycles. The summed E-state index contributed by atoms with van der Waals surface area (Å²) in [6.45, 7) is 0.447. The maximum Gasteiger partial charge on any atom is 0.259 e. The van der Waals surface area contributed by atoms with Gasteiger partial charge in [0.2, 0.25) is 5.90 Å². The highest BCUT2D eigenvalue weighted by Crippen LogP contribution is 2.50. The van der Waals surface area contributed by atoms with Crippen molar-refractivity contribution in [2.75, 3.05) is 30.9 Å². The van der Waals surface area contributed by atoms with Crippen molar-refractivity contribution < 1.29 is 27.8 Å². The minimum Gasteiger partial charge on any atom is -0.494 e. The molecule has 0 spiro atoms. The third-order valence-electron chi connectivity index (χ3n) is 6.75. The number of benzene rings is 3. The Morgan fingerprint density at radius 3 is 2.46 bits per heavy atom. The largest absolute Gasteiger partial charge is 0.494 e. The van der Waals surface area contributed by atoms with E-state index in [-0.39, 0.29) is 35.5 Å². The van der Waals surface area contributed by atoms with Crippen LogP contribution in [-0.4, -0.2) is 56.9 Å². The standard InChI is InChI=1S/C28H28N2O6S/c1-30-24-11-6-5-10-23(24)25-28(27(30)32,16-19-37(33,34)22-8-3-2-4-9-22)29-26(36-25)20-12-14-21(15-13-20)35-18-7-17-31/h2-6,8-15,25,31H,7,16-19H2,1H3/t25-,28-/m0/s1. The molecule has 2 heterocycles. The molecule has 3 aromatic carbocycles. The van der Waals surface area contributed by atoms with Crippen molar-refractivity contribution >= 4 is 27.3 Å². The highest BCUT2D eigenvalue weighted by Gasteiger charge is 2.58. The summed E-state index contributed by atoms with van der Waals surface area (Å²) < 4.78 is 38.2. The van der Waals surface area contributed by atoms with Crippen LogP contribution in [0.15, 0.2) is 88.8 Å². The molecular formula is C28H28N2O6S. The summed E-state index contributed by atoms with van der Waals surface area (Å²) in [5, 5.41) is 8.95. The summed E-state index contributed by atoms with van der Waals surface area (Å²) in [5.41, 5.74) is 0.728. The van der Waals surface area contributed by atoms with Gasteiger partial charge in [-0.3, -0.25) is 4.79 Å². The van der Waals surface area contributed by atoms with Crippen LogP contribution >= 0.6 is 0 Å². The van der Waals surface area contributed by atoms with E-state index < -0.39 is 21.5 Å². The monoisotopic (exact) mass is 520 g/mol. The maximum absolute atomic E-state index is 13.8. The second-order valence-corrected chi connectivity index (χ2v) is 11.2. The first kappa shape index (κ1) is 25.0. The zero-order valence-electron chi connectivity index (χ0n) is 20.4. The molecule has 3 aromatic rings. The highest BCUT2D eigenvalue weighted by molar-refractivity contribution is 7.91. The van der Waals surface area contributed by atoms with E-state index in [4.69, 9.17) is 19.6 Å². The Balaban J connectivity index is 1.51. The molecular weight excluding hydrogens is 492 g/mol. The number of para-hydroxylation sites is 1. The molecule has 5 rings (SSSR count). The number of aliphatic imine (C=N–C) groups is 1. The minimum absolute atomic E-state index is 0.0295. The van der Waals surface area contributed by atoms with Crippen LogP contribution < -0.4 is 9.64 Å². The fourth-order valence-corrected chi connectivity index (χ4v) is 6.17. The predicted octanol–water partition coefficient (Wildman–Crippen LogP) is 3.55. The number of carbonyl (C=O) groups is 1. The third kappa shape index (κ3) is 4.60. The first-order valence-electron chi connectivity index (χ1n) is 12.1. The van der Waals surface area contributed by atoms with Crippen LogP contribution in [0.3, 0.4) is 0 Å². The van der Waals surface area contributed by atoms with Gasteiger partial charge >= 0.3 is 0 Å². The van der Waals surface area contributed by atoms with Crippen molar-refractivity contribution in [3.63, 3.8) is 0 Å². The van der Waals surface area contributed by atoms with E-state index >= 15 is 0 Å². The van der Waals surface area contributed by atoms with Crippen LogP contribution in [0.1, 0.15) is 30.1 Å². The highest BCUT2D eigenvalue weighted by atomic mass is 32.2. The summed E-state index contributed by atoms with van der Waals surface area (Å²) in [6.07, 6.45) is -0.255. The first-order chi connectivity index (χ1) is 17.9. The second kappa shape index (κ2) is 9.99. The lowest BCUT2D eigenvalue weighted by Crippen LogP contribution is -2.53. The number of hydrogen-bond donors (Lipinski definition) is 1.